The van der Waals surface area contributed by atoms with Crippen LogP contribution in [0.2, 0.25) is 0 Å². The van der Waals surface area contributed by atoms with Crippen LogP contribution in [0.5, 0.6) is 11.5 Å². The van der Waals surface area contributed by atoms with Crippen LogP contribution in [0.25, 0.3) is 0 Å². The number of hydrogen-bond acceptors (Lipinski definition) is 6. The van der Waals surface area contributed by atoms with Gasteiger partial charge in [-0.2, -0.15) is 0 Å². The standard InChI is InChI=1S/C20H16N2O6/c23-17-8-6-14(18(24)21-11-5-7-15-16(9-11)27-10-26-15)22(17)19-12-3-1-2-4-13(12)20(25)28-19/h1-5,7,9,14,19H,6,8,10H2,(H,21,24)/t14-,19+/m1/s1. The van der Waals surface area contributed by atoms with Crippen LogP contribution in [-0.2, 0) is 14.3 Å². The summed E-state index contributed by atoms with van der Waals surface area (Å²) in [4.78, 5) is 38.9. The van der Waals surface area contributed by atoms with Gasteiger partial charge in [0.1, 0.15) is 6.04 Å². The van der Waals surface area contributed by atoms with E-state index in [0.717, 1.165) is 0 Å². The SMILES string of the molecule is O=C1O[C@H](N2C(=O)CC[C@@H]2C(=O)Nc2ccc3c(c2)OCO3)c2ccccc21. The van der Waals surface area contributed by atoms with E-state index in [1.165, 1.54) is 4.90 Å². The van der Waals surface area contributed by atoms with Gasteiger partial charge >= 0.3 is 5.97 Å². The molecule has 0 radical (unpaired) electrons. The average Bonchev–Trinajstić information content (AvgIpc) is 3.39. The first-order valence-electron chi connectivity index (χ1n) is 8.93. The number of fused-ring (bicyclic) bond motifs is 2. The van der Waals surface area contributed by atoms with E-state index in [2.05, 4.69) is 5.32 Å². The molecule has 3 heterocycles. The molecule has 1 saturated heterocycles. The molecular formula is C20H16N2O6. The van der Waals surface area contributed by atoms with Crippen molar-refractivity contribution < 1.29 is 28.6 Å². The zero-order valence-electron chi connectivity index (χ0n) is 14.7. The van der Waals surface area contributed by atoms with Gasteiger partial charge in [-0.25, -0.2) is 4.79 Å². The molecule has 0 aromatic heterocycles. The number of carbonyl (C=O) groups excluding carboxylic acids is 3. The van der Waals surface area contributed by atoms with Crippen molar-refractivity contribution in [2.24, 2.45) is 0 Å². The molecule has 8 heteroatoms. The van der Waals surface area contributed by atoms with Crippen LogP contribution in [0.3, 0.4) is 0 Å². The Balaban J connectivity index is 1.39. The van der Waals surface area contributed by atoms with Crippen LogP contribution in [0, 0.1) is 0 Å². The van der Waals surface area contributed by atoms with E-state index in [9.17, 15) is 14.4 Å². The molecule has 8 nitrogen and oxygen atoms in total. The number of ether oxygens (including phenoxy) is 3. The Morgan fingerprint density at radius 2 is 1.89 bits per heavy atom. The summed E-state index contributed by atoms with van der Waals surface area (Å²) in [5.41, 5.74) is 1.56. The monoisotopic (exact) mass is 380 g/mol. The third-order valence-corrected chi connectivity index (χ3v) is 5.12. The van der Waals surface area contributed by atoms with E-state index in [-0.39, 0.29) is 25.0 Å². The maximum Gasteiger partial charge on any atom is 0.340 e. The third kappa shape index (κ3) is 2.57. The first kappa shape index (κ1) is 16.6. The third-order valence-electron chi connectivity index (χ3n) is 5.12. The second kappa shape index (κ2) is 6.26. The molecule has 0 unspecified atom stereocenters. The molecule has 142 valence electrons. The van der Waals surface area contributed by atoms with Gasteiger partial charge in [-0.1, -0.05) is 18.2 Å². The predicted molar refractivity (Wildman–Crippen MR) is 95.7 cm³/mol. The topological polar surface area (TPSA) is 94.2 Å². The molecule has 1 fully saturated rings. The van der Waals surface area contributed by atoms with Crippen molar-refractivity contribution in [3.05, 3.63) is 53.6 Å². The van der Waals surface area contributed by atoms with E-state index in [1.807, 2.05) is 0 Å². The number of nitrogens with one attached hydrogen (secondary N) is 1. The normalized spacial score (nSPS) is 22.2. The quantitative estimate of drug-likeness (QED) is 0.821. The largest absolute Gasteiger partial charge is 0.454 e. The number of cyclic esters (lactones) is 1. The van der Waals surface area contributed by atoms with Gasteiger partial charge in [0.25, 0.3) is 0 Å². The molecule has 2 amide bonds. The minimum atomic E-state index is -0.883. The maximum absolute atomic E-state index is 12.9. The van der Waals surface area contributed by atoms with Gasteiger partial charge in [-0.05, 0) is 24.6 Å². The molecule has 2 aromatic rings. The Hall–Kier alpha value is -3.55. The van der Waals surface area contributed by atoms with Crippen molar-refractivity contribution in [1.29, 1.82) is 0 Å². The Morgan fingerprint density at radius 3 is 2.79 bits per heavy atom. The number of hydrogen-bond donors (Lipinski definition) is 1. The number of amides is 2. The molecule has 1 N–H and O–H groups in total. The predicted octanol–water partition coefficient (Wildman–Crippen LogP) is 2.21. The molecule has 0 bridgehead atoms. The lowest BCUT2D eigenvalue weighted by Gasteiger charge is -2.29. The first-order chi connectivity index (χ1) is 13.6. The molecular weight excluding hydrogens is 364 g/mol. The Morgan fingerprint density at radius 1 is 1.07 bits per heavy atom. The highest BCUT2D eigenvalue weighted by Crippen LogP contribution is 2.39. The Bertz CT molecular complexity index is 1000. The summed E-state index contributed by atoms with van der Waals surface area (Å²) in [6, 6.07) is 11.3. The number of esters is 1. The fourth-order valence-electron chi connectivity index (χ4n) is 3.79. The summed E-state index contributed by atoms with van der Waals surface area (Å²) < 4.78 is 16.0. The average molecular weight is 380 g/mol. The number of likely N-dealkylation sites (tertiary alicyclic amines) is 1. The van der Waals surface area contributed by atoms with Crippen LogP contribution >= 0.6 is 0 Å². The second-order valence-corrected chi connectivity index (χ2v) is 6.76. The highest BCUT2D eigenvalue weighted by atomic mass is 16.7. The Kier molecular flexibility index (Phi) is 3.71. The fourth-order valence-corrected chi connectivity index (χ4v) is 3.79. The van der Waals surface area contributed by atoms with E-state index in [1.54, 1.807) is 42.5 Å². The number of anilines is 1. The fraction of sp³-hybridized carbons (Fsp3) is 0.250. The molecule has 3 aliphatic rings. The molecule has 5 rings (SSSR count). The van der Waals surface area contributed by atoms with Crippen LogP contribution in [0.4, 0.5) is 5.69 Å². The summed E-state index contributed by atoms with van der Waals surface area (Å²) in [6.07, 6.45) is -0.313. The summed E-state index contributed by atoms with van der Waals surface area (Å²) in [5, 5.41) is 2.81. The minimum Gasteiger partial charge on any atom is -0.454 e. The van der Waals surface area contributed by atoms with Gasteiger partial charge in [0.05, 0.1) is 5.56 Å². The Labute approximate surface area is 160 Å². The zero-order valence-corrected chi connectivity index (χ0v) is 14.7. The summed E-state index contributed by atoms with van der Waals surface area (Å²) >= 11 is 0. The van der Waals surface area contributed by atoms with Gasteiger partial charge in [-0.3, -0.25) is 14.5 Å². The van der Waals surface area contributed by atoms with Crippen molar-refractivity contribution in [1.82, 2.24) is 4.90 Å². The summed E-state index contributed by atoms with van der Waals surface area (Å²) in [6.45, 7) is 0.143. The summed E-state index contributed by atoms with van der Waals surface area (Å²) in [7, 11) is 0. The van der Waals surface area contributed by atoms with Crippen molar-refractivity contribution >= 4 is 23.5 Å². The highest BCUT2D eigenvalue weighted by Gasteiger charge is 2.46. The molecule has 28 heavy (non-hydrogen) atoms. The number of benzene rings is 2. The molecule has 0 saturated carbocycles. The highest BCUT2D eigenvalue weighted by molar-refractivity contribution is 6.00. The molecule has 2 atom stereocenters. The molecule has 2 aromatic carbocycles. The lowest BCUT2D eigenvalue weighted by atomic mass is 10.1. The second-order valence-electron chi connectivity index (χ2n) is 6.76. The molecule has 0 aliphatic carbocycles. The van der Waals surface area contributed by atoms with E-state index >= 15 is 0 Å². The van der Waals surface area contributed by atoms with Gasteiger partial charge in [0.15, 0.2) is 11.5 Å². The lowest BCUT2D eigenvalue weighted by molar-refractivity contribution is -0.144. The number of rotatable bonds is 3. The minimum absolute atomic E-state index is 0.143. The van der Waals surface area contributed by atoms with Crippen molar-refractivity contribution in [2.75, 3.05) is 12.1 Å². The smallest absolute Gasteiger partial charge is 0.340 e. The van der Waals surface area contributed by atoms with Gasteiger partial charge < -0.3 is 19.5 Å². The lowest BCUT2D eigenvalue weighted by Crippen LogP contribution is -2.43. The summed E-state index contributed by atoms with van der Waals surface area (Å²) in [5.74, 6) is 0.113. The van der Waals surface area contributed by atoms with Crippen LogP contribution in [0.15, 0.2) is 42.5 Å². The maximum atomic E-state index is 12.9. The van der Waals surface area contributed by atoms with Crippen molar-refractivity contribution in [3.63, 3.8) is 0 Å². The number of nitrogens with zero attached hydrogens (tertiary/aromatic N) is 1. The van der Waals surface area contributed by atoms with Crippen LogP contribution in [0.1, 0.15) is 35.0 Å². The van der Waals surface area contributed by atoms with E-state index in [0.29, 0.717) is 34.7 Å². The molecule has 3 aliphatic heterocycles. The molecule has 0 spiro atoms. The van der Waals surface area contributed by atoms with Crippen molar-refractivity contribution in [3.8, 4) is 11.5 Å². The van der Waals surface area contributed by atoms with Crippen molar-refractivity contribution in [2.45, 2.75) is 25.1 Å². The van der Waals surface area contributed by atoms with Crippen LogP contribution in [-0.4, -0.2) is 35.5 Å². The van der Waals surface area contributed by atoms with E-state index in [4.69, 9.17) is 14.2 Å². The van der Waals surface area contributed by atoms with Gasteiger partial charge in [-0.15, -0.1) is 0 Å². The zero-order chi connectivity index (χ0) is 19.3. The first-order valence-corrected chi connectivity index (χ1v) is 8.93. The van der Waals surface area contributed by atoms with Crippen LogP contribution < -0.4 is 14.8 Å². The number of carbonyl (C=O) groups is 3. The van der Waals surface area contributed by atoms with E-state index < -0.39 is 18.2 Å². The van der Waals surface area contributed by atoms with Gasteiger partial charge in [0, 0.05) is 23.7 Å². The van der Waals surface area contributed by atoms with Gasteiger partial charge in [0.2, 0.25) is 24.8 Å².